The van der Waals surface area contributed by atoms with Gasteiger partial charge >= 0.3 is 11.6 Å². The largest absolute Gasteiger partial charge is 0.456 e. The maximum Gasteiger partial charge on any atom is 0.356 e. The molecule has 2 aromatic heterocycles. The van der Waals surface area contributed by atoms with E-state index < -0.39 is 11.6 Å². The van der Waals surface area contributed by atoms with Crippen LogP contribution in [0.4, 0.5) is 5.69 Å². The zero-order chi connectivity index (χ0) is 21.1. The summed E-state index contributed by atoms with van der Waals surface area (Å²) in [5, 5.41) is 10.0. The van der Waals surface area contributed by atoms with Gasteiger partial charge in [-0.2, -0.15) is 5.10 Å². The predicted octanol–water partition coefficient (Wildman–Crippen LogP) is 3.50. The second-order valence-corrected chi connectivity index (χ2v) is 6.59. The van der Waals surface area contributed by atoms with E-state index in [1.807, 2.05) is 30.3 Å². The first-order valence-corrected chi connectivity index (χ1v) is 9.12. The summed E-state index contributed by atoms with van der Waals surface area (Å²) in [6.07, 6.45) is 0. The number of amides is 1. The number of fused-ring (bicyclic) bond motifs is 1. The van der Waals surface area contributed by atoms with E-state index in [9.17, 15) is 14.4 Å². The number of carbonyl (C=O) groups is 2. The number of anilines is 1. The highest BCUT2D eigenvalue weighted by Gasteiger charge is 2.14. The van der Waals surface area contributed by atoms with Gasteiger partial charge in [0, 0.05) is 41.3 Å². The number of nitrogens with one attached hydrogen (secondary N) is 2. The van der Waals surface area contributed by atoms with Gasteiger partial charge in [0.25, 0.3) is 0 Å². The first-order chi connectivity index (χ1) is 14.5. The zero-order valence-corrected chi connectivity index (χ0v) is 16.0. The minimum absolute atomic E-state index is 0.125. The van der Waals surface area contributed by atoms with E-state index in [4.69, 9.17) is 9.15 Å². The van der Waals surface area contributed by atoms with Crippen molar-refractivity contribution in [3.05, 3.63) is 82.3 Å². The zero-order valence-electron chi connectivity index (χ0n) is 16.0. The molecule has 0 spiro atoms. The molecule has 2 heterocycles. The highest BCUT2D eigenvalue weighted by atomic mass is 16.5. The van der Waals surface area contributed by atoms with Crippen molar-refractivity contribution in [1.29, 1.82) is 0 Å². The van der Waals surface area contributed by atoms with Crippen molar-refractivity contribution in [3.63, 3.8) is 0 Å². The summed E-state index contributed by atoms with van der Waals surface area (Å²) in [5.74, 6) is -0.836. The summed E-state index contributed by atoms with van der Waals surface area (Å²) < 4.78 is 10.6. The van der Waals surface area contributed by atoms with Gasteiger partial charge in [-0.25, -0.2) is 9.59 Å². The lowest BCUT2D eigenvalue weighted by atomic mass is 10.1. The Morgan fingerprint density at radius 2 is 1.90 bits per heavy atom. The fourth-order valence-electron chi connectivity index (χ4n) is 3.03. The predicted molar refractivity (Wildman–Crippen MR) is 110 cm³/mol. The van der Waals surface area contributed by atoms with Crippen LogP contribution in [0.15, 0.2) is 69.9 Å². The molecule has 0 unspecified atom stereocenters. The third-order valence-corrected chi connectivity index (χ3v) is 4.38. The van der Waals surface area contributed by atoms with E-state index in [1.165, 1.54) is 13.0 Å². The molecule has 0 saturated heterocycles. The van der Waals surface area contributed by atoms with Crippen LogP contribution in [-0.4, -0.2) is 22.1 Å². The molecule has 0 bridgehead atoms. The molecule has 8 nitrogen and oxygen atoms in total. The number of carbonyl (C=O) groups excluding carboxylic acids is 2. The van der Waals surface area contributed by atoms with Crippen molar-refractivity contribution < 1.29 is 18.7 Å². The molecule has 0 aliphatic rings. The normalized spacial score (nSPS) is 10.7. The van der Waals surface area contributed by atoms with Gasteiger partial charge < -0.3 is 14.5 Å². The molecular weight excluding hydrogens is 386 g/mol. The standard InChI is InChI=1S/C22H17N3O5/c1-13(26)23-16-7-8-17-15(9-21(27)30-20(17)10-16)12-29-22(28)19-11-18(24-25-19)14-5-3-2-4-6-14/h2-11H,12H2,1H3,(H,23,26)(H,24,25). The number of hydrogen-bond acceptors (Lipinski definition) is 6. The van der Waals surface area contributed by atoms with Crippen LogP contribution in [0.25, 0.3) is 22.2 Å². The minimum atomic E-state index is -0.596. The van der Waals surface area contributed by atoms with E-state index in [1.54, 1.807) is 24.3 Å². The van der Waals surface area contributed by atoms with E-state index in [-0.39, 0.29) is 23.8 Å². The van der Waals surface area contributed by atoms with Gasteiger partial charge in [-0.15, -0.1) is 0 Å². The molecule has 0 radical (unpaired) electrons. The Balaban J connectivity index is 1.53. The summed E-state index contributed by atoms with van der Waals surface area (Å²) in [6, 6.07) is 17.2. The molecular formula is C22H17N3O5. The summed E-state index contributed by atoms with van der Waals surface area (Å²) in [5.41, 5.74) is 2.39. The topological polar surface area (TPSA) is 114 Å². The van der Waals surface area contributed by atoms with Gasteiger partial charge in [0.15, 0.2) is 0 Å². The first kappa shape index (κ1) is 19.1. The fourth-order valence-corrected chi connectivity index (χ4v) is 3.03. The Morgan fingerprint density at radius 3 is 2.67 bits per heavy atom. The van der Waals surface area contributed by atoms with Crippen LogP contribution in [0.5, 0.6) is 0 Å². The summed E-state index contributed by atoms with van der Waals surface area (Å²) >= 11 is 0. The van der Waals surface area contributed by atoms with E-state index >= 15 is 0 Å². The Kier molecular flexibility index (Phi) is 5.13. The van der Waals surface area contributed by atoms with Crippen molar-refractivity contribution in [2.75, 3.05) is 5.32 Å². The number of hydrogen-bond donors (Lipinski definition) is 2. The van der Waals surface area contributed by atoms with Gasteiger partial charge in [-0.1, -0.05) is 30.3 Å². The van der Waals surface area contributed by atoms with Crippen molar-refractivity contribution in [2.24, 2.45) is 0 Å². The second kappa shape index (κ2) is 8.04. The van der Waals surface area contributed by atoms with Crippen molar-refractivity contribution in [2.45, 2.75) is 13.5 Å². The molecule has 2 N–H and O–H groups in total. The number of nitrogens with zero attached hydrogens (tertiary/aromatic N) is 1. The maximum atomic E-state index is 12.4. The van der Waals surface area contributed by atoms with Gasteiger partial charge in [0.2, 0.25) is 5.91 Å². The number of esters is 1. The molecule has 0 fully saturated rings. The molecule has 150 valence electrons. The highest BCUT2D eigenvalue weighted by molar-refractivity contribution is 5.92. The van der Waals surface area contributed by atoms with E-state index in [0.29, 0.717) is 22.3 Å². The number of H-pyrrole nitrogens is 1. The Hall–Kier alpha value is -4.20. The molecule has 1 amide bonds. The Bertz CT molecular complexity index is 1290. The van der Waals surface area contributed by atoms with Crippen molar-refractivity contribution in [3.8, 4) is 11.3 Å². The summed E-state index contributed by atoms with van der Waals surface area (Å²) in [7, 11) is 0. The molecule has 0 aliphatic carbocycles. The van der Waals surface area contributed by atoms with Gasteiger partial charge in [-0.05, 0) is 18.2 Å². The van der Waals surface area contributed by atoms with Crippen LogP contribution in [0.2, 0.25) is 0 Å². The molecule has 2 aromatic carbocycles. The van der Waals surface area contributed by atoms with Crippen LogP contribution in [0.3, 0.4) is 0 Å². The molecule has 0 saturated carbocycles. The Labute approximate surface area is 170 Å². The van der Waals surface area contributed by atoms with Crippen LogP contribution >= 0.6 is 0 Å². The van der Waals surface area contributed by atoms with Crippen LogP contribution < -0.4 is 10.9 Å². The number of benzene rings is 2. The van der Waals surface area contributed by atoms with Crippen molar-refractivity contribution >= 4 is 28.5 Å². The monoisotopic (exact) mass is 403 g/mol. The second-order valence-electron chi connectivity index (χ2n) is 6.59. The van der Waals surface area contributed by atoms with Gasteiger partial charge in [0.05, 0.1) is 5.69 Å². The number of aromatic amines is 1. The minimum Gasteiger partial charge on any atom is -0.456 e. The summed E-state index contributed by atoms with van der Waals surface area (Å²) in [6.45, 7) is 1.26. The van der Waals surface area contributed by atoms with E-state index in [2.05, 4.69) is 15.5 Å². The SMILES string of the molecule is CC(=O)Nc1ccc2c(COC(=O)c3cc(-c4ccccc4)n[nH]3)cc(=O)oc2c1. The maximum absolute atomic E-state index is 12.4. The summed E-state index contributed by atoms with van der Waals surface area (Å²) in [4.78, 5) is 35.5. The lowest BCUT2D eigenvalue weighted by Gasteiger charge is -2.08. The third-order valence-electron chi connectivity index (χ3n) is 4.38. The number of aromatic nitrogens is 2. The lowest BCUT2D eigenvalue weighted by Crippen LogP contribution is -2.09. The lowest BCUT2D eigenvalue weighted by molar-refractivity contribution is -0.114. The molecule has 8 heteroatoms. The Morgan fingerprint density at radius 1 is 1.10 bits per heavy atom. The van der Waals surface area contributed by atoms with Crippen molar-refractivity contribution in [1.82, 2.24) is 10.2 Å². The molecule has 4 aromatic rings. The molecule has 0 aliphatic heterocycles. The van der Waals surface area contributed by atoms with Crippen LogP contribution in [-0.2, 0) is 16.1 Å². The average Bonchev–Trinajstić information content (AvgIpc) is 3.22. The molecule has 4 rings (SSSR count). The smallest absolute Gasteiger partial charge is 0.356 e. The first-order valence-electron chi connectivity index (χ1n) is 9.12. The molecule has 0 atom stereocenters. The fraction of sp³-hybridized carbons (Fsp3) is 0.0909. The van der Waals surface area contributed by atoms with Gasteiger partial charge in [-0.3, -0.25) is 9.89 Å². The van der Waals surface area contributed by atoms with E-state index in [0.717, 1.165) is 5.56 Å². The third kappa shape index (κ3) is 4.12. The average molecular weight is 403 g/mol. The number of ether oxygens (including phenoxy) is 1. The van der Waals surface area contributed by atoms with Gasteiger partial charge in [0.1, 0.15) is 17.9 Å². The number of rotatable bonds is 5. The highest BCUT2D eigenvalue weighted by Crippen LogP contribution is 2.23. The molecule has 30 heavy (non-hydrogen) atoms. The van der Waals surface area contributed by atoms with Crippen LogP contribution in [0, 0.1) is 0 Å². The quantitative estimate of drug-likeness (QED) is 0.389. The van der Waals surface area contributed by atoms with Crippen LogP contribution in [0.1, 0.15) is 23.0 Å².